The molecule has 15 nitrogen and oxygen atoms in total. The second kappa shape index (κ2) is 20.3. The molecular formula is C44H72N2O13. The van der Waals surface area contributed by atoms with E-state index in [9.17, 15) is 35.1 Å². The predicted octanol–water partition coefficient (Wildman–Crippen LogP) is 4.47. The molecule has 2 saturated heterocycles. The number of carbonyl (C=O) groups is 2. The molecule has 3 aliphatic rings. The molecule has 2 heterocycles. The van der Waals surface area contributed by atoms with Crippen LogP contribution in [0.2, 0.25) is 0 Å². The molecule has 0 amide bonds. The summed E-state index contributed by atoms with van der Waals surface area (Å²) in [5.41, 5.74) is -2.92. The average molecular weight is 837 g/mol. The molecule has 3 fully saturated rings. The van der Waals surface area contributed by atoms with Crippen molar-refractivity contribution in [3.63, 3.8) is 0 Å². The van der Waals surface area contributed by atoms with Crippen molar-refractivity contribution in [3.8, 4) is 5.75 Å². The van der Waals surface area contributed by atoms with Crippen LogP contribution in [0.15, 0.2) is 29.4 Å². The van der Waals surface area contributed by atoms with E-state index in [1.54, 1.807) is 46.9 Å². The first-order valence-corrected chi connectivity index (χ1v) is 21.3. The van der Waals surface area contributed by atoms with Gasteiger partial charge >= 0.3 is 11.9 Å². The van der Waals surface area contributed by atoms with Crippen LogP contribution in [0, 0.1) is 23.7 Å². The number of cyclic esters (lactones) is 1. The Morgan fingerprint density at radius 2 is 1.61 bits per heavy atom. The molecule has 0 unspecified atom stereocenters. The highest BCUT2D eigenvalue weighted by molar-refractivity contribution is 5.89. The van der Waals surface area contributed by atoms with E-state index in [2.05, 4.69) is 5.16 Å². The Labute approximate surface area is 350 Å². The van der Waals surface area contributed by atoms with Crippen molar-refractivity contribution >= 4 is 17.7 Å². The van der Waals surface area contributed by atoms with Gasteiger partial charge in [0.15, 0.2) is 6.29 Å². The van der Waals surface area contributed by atoms with Gasteiger partial charge in [0.2, 0.25) is 5.79 Å². The molecule has 0 spiro atoms. The van der Waals surface area contributed by atoms with Crippen LogP contribution in [0.25, 0.3) is 0 Å². The fraction of sp³-hybridized carbons (Fsp3) is 0.795. The van der Waals surface area contributed by atoms with Crippen LogP contribution in [-0.4, -0.2) is 135 Å². The lowest BCUT2D eigenvalue weighted by Gasteiger charge is -2.47. The second-order valence-corrected chi connectivity index (χ2v) is 18.1. The number of hydrogen-bond donors (Lipinski definition) is 5. The highest BCUT2D eigenvalue weighted by Gasteiger charge is 2.52. The lowest BCUT2D eigenvalue weighted by atomic mass is 9.73. The maximum Gasteiger partial charge on any atom is 0.312 e. The topological polar surface area (TPSA) is 206 Å². The molecule has 1 aromatic rings. The summed E-state index contributed by atoms with van der Waals surface area (Å²) >= 11 is 0. The van der Waals surface area contributed by atoms with Crippen molar-refractivity contribution in [2.24, 2.45) is 28.8 Å². The maximum atomic E-state index is 14.2. The van der Waals surface area contributed by atoms with E-state index in [1.165, 1.54) is 26.0 Å². The first-order valence-electron chi connectivity index (χ1n) is 21.3. The van der Waals surface area contributed by atoms with Crippen LogP contribution in [0.5, 0.6) is 5.75 Å². The van der Waals surface area contributed by atoms with Gasteiger partial charge in [-0.2, -0.15) is 0 Å². The van der Waals surface area contributed by atoms with Crippen molar-refractivity contribution in [2.45, 2.75) is 179 Å². The van der Waals surface area contributed by atoms with E-state index < -0.39 is 89.4 Å². The van der Waals surface area contributed by atoms with Crippen molar-refractivity contribution in [1.82, 2.24) is 4.90 Å². The third-order valence-corrected chi connectivity index (χ3v) is 12.9. The number of rotatable bonds is 10. The van der Waals surface area contributed by atoms with Gasteiger partial charge in [0, 0.05) is 43.7 Å². The Morgan fingerprint density at radius 3 is 2.19 bits per heavy atom. The second-order valence-electron chi connectivity index (χ2n) is 18.1. The minimum Gasteiger partial charge on any atom is -0.508 e. The molecule has 4 rings (SSSR count). The summed E-state index contributed by atoms with van der Waals surface area (Å²) in [6.45, 7) is 13.3. The Hall–Kier alpha value is -2.89. The number of aliphatic hydroxyl groups is 4. The van der Waals surface area contributed by atoms with Crippen LogP contribution in [0.3, 0.4) is 0 Å². The number of benzene rings is 1. The van der Waals surface area contributed by atoms with Crippen molar-refractivity contribution in [1.29, 1.82) is 0 Å². The van der Waals surface area contributed by atoms with Crippen LogP contribution >= 0.6 is 0 Å². The number of nitrogens with zero attached hydrogens (tertiary/aromatic N) is 2. The first-order chi connectivity index (χ1) is 27.6. The van der Waals surface area contributed by atoms with Gasteiger partial charge in [-0.25, -0.2) is 0 Å². The van der Waals surface area contributed by atoms with Gasteiger partial charge in [-0.1, -0.05) is 51.4 Å². The fourth-order valence-corrected chi connectivity index (χ4v) is 9.32. The van der Waals surface area contributed by atoms with E-state index in [0.717, 1.165) is 19.3 Å². The van der Waals surface area contributed by atoms with Crippen LogP contribution < -0.4 is 0 Å². The number of phenolic OH excluding ortho intramolecular Hbond substituents is 1. The quantitative estimate of drug-likeness (QED) is 0.125. The molecule has 0 bridgehead atoms. The minimum atomic E-state index is -1.99. The van der Waals surface area contributed by atoms with E-state index in [0.29, 0.717) is 30.5 Å². The molecule has 1 aliphatic carbocycles. The summed E-state index contributed by atoms with van der Waals surface area (Å²) in [5.74, 6) is -6.11. The maximum absolute atomic E-state index is 14.2. The predicted molar refractivity (Wildman–Crippen MR) is 219 cm³/mol. The number of aromatic hydroxyl groups is 1. The first kappa shape index (κ1) is 48.8. The Kier molecular flexibility index (Phi) is 16.8. The van der Waals surface area contributed by atoms with Gasteiger partial charge in [0.05, 0.1) is 42.0 Å². The fourth-order valence-electron chi connectivity index (χ4n) is 9.32. The normalized spacial score (nSPS) is 39.6. The highest BCUT2D eigenvalue weighted by Crippen LogP contribution is 2.40. The lowest BCUT2D eigenvalue weighted by Crippen LogP contribution is -2.60. The number of ether oxygens (including phenoxy) is 5. The van der Waals surface area contributed by atoms with Gasteiger partial charge in [-0.15, -0.1) is 0 Å². The SMILES string of the molecule is CC[C@@H]1OC(=O)[C@H](C)[C@@H](OC(=O)Cc2ccc(O)cc2)[C@H](C)[C@@H](O[C@@H]2O[C@H](C)C[C@H](N(C)C)[C@H]2O)[C@@](C)(O)C[C@H](C)/C(=N\OC2(OC)CCCCC2)[C@@H](C)[C@@H](O)[C@]1(C)O. The molecule has 14 atom stereocenters. The number of esters is 2. The van der Waals surface area contributed by atoms with Crippen molar-refractivity contribution in [2.75, 3.05) is 21.2 Å². The van der Waals surface area contributed by atoms with E-state index in [-0.39, 0.29) is 37.2 Å². The Bertz CT molecular complexity index is 1550. The summed E-state index contributed by atoms with van der Waals surface area (Å²) in [6.07, 6.45) is -3.57. The zero-order chi connectivity index (χ0) is 44.0. The molecule has 336 valence electrons. The van der Waals surface area contributed by atoms with Crippen LogP contribution in [0.4, 0.5) is 0 Å². The molecule has 1 aromatic carbocycles. The van der Waals surface area contributed by atoms with Crippen LogP contribution in [0.1, 0.15) is 112 Å². The monoisotopic (exact) mass is 837 g/mol. The lowest BCUT2D eigenvalue weighted by molar-refractivity contribution is -0.299. The summed E-state index contributed by atoms with van der Waals surface area (Å²) in [6, 6.07) is 5.72. The van der Waals surface area contributed by atoms with Crippen molar-refractivity contribution < 1.29 is 63.6 Å². The minimum absolute atomic E-state index is 0.0281. The molecule has 1 saturated carbocycles. The van der Waals surface area contributed by atoms with E-state index in [1.807, 2.05) is 32.8 Å². The number of hydrogen-bond acceptors (Lipinski definition) is 15. The summed E-state index contributed by atoms with van der Waals surface area (Å²) in [7, 11) is 5.27. The molecule has 0 aromatic heterocycles. The summed E-state index contributed by atoms with van der Waals surface area (Å²) in [5, 5.41) is 62.9. The van der Waals surface area contributed by atoms with Gasteiger partial charge in [0.25, 0.3) is 0 Å². The Morgan fingerprint density at radius 1 is 0.983 bits per heavy atom. The molecule has 59 heavy (non-hydrogen) atoms. The van der Waals surface area contributed by atoms with Crippen molar-refractivity contribution in [3.05, 3.63) is 29.8 Å². The van der Waals surface area contributed by atoms with Crippen LogP contribution in [-0.2, 0) is 44.5 Å². The third kappa shape index (κ3) is 11.7. The number of aliphatic hydroxyl groups excluding tert-OH is 2. The molecule has 2 aliphatic heterocycles. The van der Waals surface area contributed by atoms with Gasteiger partial charge in [0.1, 0.15) is 29.7 Å². The number of methoxy groups -OCH3 is 1. The van der Waals surface area contributed by atoms with Gasteiger partial charge in [-0.05, 0) is 91.6 Å². The smallest absolute Gasteiger partial charge is 0.312 e. The third-order valence-electron chi connectivity index (χ3n) is 12.9. The largest absolute Gasteiger partial charge is 0.508 e. The van der Waals surface area contributed by atoms with Gasteiger partial charge < -0.3 is 59.0 Å². The number of carbonyl (C=O) groups excluding carboxylic acids is 2. The zero-order valence-electron chi connectivity index (χ0n) is 37.0. The molecule has 5 N–H and O–H groups in total. The summed E-state index contributed by atoms with van der Waals surface area (Å²) in [4.78, 5) is 36.1. The molecule has 15 heteroatoms. The van der Waals surface area contributed by atoms with Gasteiger partial charge in [-0.3, -0.25) is 9.59 Å². The number of oxime groups is 1. The Balaban J connectivity index is 1.86. The zero-order valence-corrected chi connectivity index (χ0v) is 37.0. The van der Waals surface area contributed by atoms with E-state index >= 15 is 0 Å². The summed E-state index contributed by atoms with van der Waals surface area (Å²) < 4.78 is 30.9. The molecule has 0 radical (unpaired) electrons. The number of likely N-dealkylation sites (N-methyl/N-ethyl adjacent to an activating group) is 1. The average Bonchev–Trinajstić information content (AvgIpc) is 3.18. The highest BCUT2D eigenvalue weighted by atomic mass is 16.8. The number of phenols is 1. The van der Waals surface area contributed by atoms with E-state index in [4.69, 9.17) is 28.5 Å². The standard InChI is InChI=1S/C44H72N2O13/c1-12-33-43(8,53)38(50)27(4)35(45-59-44(54-11)20-14-13-15-21-44)25(2)24-42(7,52)39(58-41-36(49)32(46(9)10)22-26(3)55-41)28(5)37(29(6)40(51)56-33)57-34(48)23-30-16-18-31(47)19-17-30/h16-19,25-29,32-33,36-39,41,47,49-50,52-53H,12-15,20-24H2,1-11H3/b45-35+/t25-,26+,27+,28-,29+,32-,33-,36+,37-,38+,39+,41-,42-,43+/m0/s1. The molecular weight excluding hydrogens is 764 g/mol.